The summed E-state index contributed by atoms with van der Waals surface area (Å²) < 4.78 is 2.60. The average Bonchev–Trinajstić information content (AvgIpc) is 3.80. The fourth-order valence-corrected chi connectivity index (χ4v) is 10.2. The lowest BCUT2D eigenvalue weighted by molar-refractivity contribution is 0.715. The van der Waals surface area contributed by atoms with Gasteiger partial charge >= 0.3 is 0 Å². The monoisotopic (exact) mass is 757 g/mol. The molecule has 0 saturated heterocycles. The van der Waals surface area contributed by atoms with Crippen LogP contribution in [0.15, 0.2) is 218 Å². The smallest absolute Gasteiger partial charge is 0.0468 e. The highest BCUT2D eigenvalue weighted by Crippen LogP contribution is 2.53. The van der Waals surface area contributed by atoms with Gasteiger partial charge < -0.3 is 4.90 Å². The lowest BCUT2D eigenvalue weighted by Crippen LogP contribution is -2.22. The molecule has 0 amide bonds. The van der Waals surface area contributed by atoms with Crippen molar-refractivity contribution in [3.8, 4) is 44.5 Å². The maximum Gasteiger partial charge on any atom is 0.0468 e. The maximum atomic E-state index is 2.47. The summed E-state index contributed by atoms with van der Waals surface area (Å²) in [6, 6.07) is 80.1. The molecule has 1 aliphatic rings. The van der Waals surface area contributed by atoms with Crippen LogP contribution < -0.4 is 4.90 Å². The molecule has 0 bridgehead atoms. The minimum Gasteiger partial charge on any atom is -0.310 e. The second kappa shape index (κ2) is 13.9. The molecule has 0 aliphatic heterocycles. The van der Waals surface area contributed by atoms with Crippen molar-refractivity contribution < 1.29 is 0 Å². The zero-order valence-electron chi connectivity index (χ0n) is 32.1. The van der Waals surface area contributed by atoms with Crippen LogP contribution in [-0.4, -0.2) is 0 Å². The van der Waals surface area contributed by atoms with E-state index in [1.807, 2.05) is 11.3 Å². The molecule has 2 heteroatoms. The van der Waals surface area contributed by atoms with Crippen LogP contribution in [0.3, 0.4) is 0 Å². The van der Waals surface area contributed by atoms with Crippen LogP contribution >= 0.6 is 11.3 Å². The van der Waals surface area contributed by atoms with E-state index in [-0.39, 0.29) is 5.41 Å². The summed E-state index contributed by atoms with van der Waals surface area (Å²) in [5.74, 6) is 0. The molecule has 0 fully saturated rings. The Morgan fingerprint density at radius 1 is 0.345 bits per heavy atom. The standard InChI is InChI=1S/C56H39NS/c1-56(52-18-10-8-16-48(52)49-17-9-11-19-53(49)56)44-28-34-54-50(36-44)51-37-47(33-35-55(51)58-54)57(45-29-24-42(25-30-45)39-14-6-3-7-15-39)46-31-26-43(27-32-46)41-22-20-40(21-23-41)38-12-4-2-5-13-38/h2-37H,1H3. The fraction of sp³-hybridized carbons (Fsp3) is 0.0357. The summed E-state index contributed by atoms with van der Waals surface area (Å²) >= 11 is 1.88. The van der Waals surface area contributed by atoms with E-state index < -0.39 is 0 Å². The number of benzene rings is 9. The van der Waals surface area contributed by atoms with Gasteiger partial charge in [0.2, 0.25) is 0 Å². The third-order valence-corrected chi connectivity index (χ3v) is 13.3. The van der Waals surface area contributed by atoms with Crippen LogP contribution in [0.2, 0.25) is 0 Å². The van der Waals surface area contributed by atoms with E-state index in [1.54, 1.807) is 0 Å². The van der Waals surface area contributed by atoms with Crippen molar-refractivity contribution in [1.29, 1.82) is 0 Å². The Morgan fingerprint density at radius 3 is 1.22 bits per heavy atom. The first-order valence-electron chi connectivity index (χ1n) is 20.0. The van der Waals surface area contributed by atoms with E-state index in [1.165, 1.54) is 81.4 Å². The molecular weight excluding hydrogens is 719 g/mol. The molecule has 1 heterocycles. The summed E-state index contributed by atoms with van der Waals surface area (Å²) in [5.41, 5.74) is 17.1. The SMILES string of the molecule is CC1(c2ccc3sc4ccc(N(c5ccc(-c6ccccc6)cc5)c5ccc(-c6ccc(-c7ccccc7)cc6)cc5)cc4c3c2)c2ccccc2-c2ccccc21. The van der Waals surface area contributed by atoms with E-state index in [2.05, 4.69) is 230 Å². The molecule has 0 radical (unpaired) electrons. The highest BCUT2D eigenvalue weighted by atomic mass is 32.1. The Kier molecular flexibility index (Phi) is 8.20. The third-order valence-electron chi connectivity index (χ3n) is 12.2. The van der Waals surface area contributed by atoms with Crippen molar-refractivity contribution >= 4 is 48.6 Å². The van der Waals surface area contributed by atoms with Crippen LogP contribution in [0.4, 0.5) is 17.1 Å². The normalized spacial score (nSPS) is 12.7. The minimum atomic E-state index is -0.247. The van der Waals surface area contributed by atoms with Gasteiger partial charge in [0.15, 0.2) is 0 Å². The van der Waals surface area contributed by atoms with E-state index >= 15 is 0 Å². The van der Waals surface area contributed by atoms with Gasteiger partial charge in [-0.05, 0) is 123 Å². The molecule has 1 nitrogen and oxygen atoms in total. The molecular formula is C56H39NS. The largest absolute Gasteiger partial charge is 0.310 e. The quantitative estimate of drug-likeness (QED) is 0.156. The van der Waals surface area contributed by atoms with Gasteiger partial charge in [0.05, 0.1) is 0 Å². The highest BCUT2D eigenvalue weighted by molar-refractivity contribution is 7.25. The van der Waals surface area contributed by atoms with Crippen molar-refractivity contribution in [2.45, 2.75) is 12.3 Å². The topological polar surface area (TPSA) is 3.24 Å². The first kappa shape index (κ1) is 34.3. The van der Waals surface area contributed by atoms with Crippen molar-refractivity contribution in [3.05, 3.63) is 235 Å². The molecule has 0 N–H and O–H groups in total. The summed E-state index contributed by atoms with van der Waals surface area (Å²) in [4.78, 5) is 2.40. The average molecular weight is 758 g/mol. The molecule has 1 aliphatic carbocycles. The number of rotatable bonds is 7. The molecule has 0 unspecified atom stereocenters. The first-order valence-corrected chi connectivity index (χ1v) is 20.8. The van der Waals surface area contributed by atoms with Crippen LogP contribution in [-0.2, 0) is 5.41 Å². The van der Waals surface area contributed by atoms with Gasteiger partial charge in [-0.3, -0.25) is 0 Å². The van der Waals surface area contributed by atoms with Crippen molar-refractivity contribution in [1.82, 2.24) is 0 Å². The third kappa shape index (κ3) is 5.68. The predicted octanol–water partition coefficient (Wildman–Crippen LogP) is 15.9. The molecule has 0 saturated carbocycles. The lowest BCUT2D eigenvalue weighted by atomic mass is 9.74. The van der Waals surface area contributed by atoms with E-state index in [0.717, 1.165) is 17.1 Å². The van der Waals surface area contributed by atoms with Gasteiger partial charge in [0.1, 0.15) is 0 Å². The number of anilines is 3. The van der Waals surface area contributed by atoms with Crippen LogP contribution in [0.1, 0.15) is 23.6 Å². The Hall–Kier alpha value is -7.00. The van der Waals surface area contributed by atoms with Gasteiger partial charge in [-0.1, -0.05) is 164 Å². The second-order valence-corrected chi connectivity index (χ2v) is 16.5. The summed E-state index contributed by atoms with van der Waals surface area (Å²) in [6.45, 7) is 2.40. The van der Waals surface area contributed by atoms with Gasteiger partial charge in [0, 0.05) is 42.6 Å². The van der Waals surface area contributed by atoms with Crippen molar-refractivity contribution in [2.75, 3.05) is 4.90 Å². The van der Waals surface area contributed by atoms with E-state index in [0.29, 0.717) is 0 Å². The van der Waals surface area contributed by atoms with Crippen molar-refractivity contribution in [2.24, 2.45) is 0 Å². The summed E-state index contributed by atoms with van der Waals surface area (Å²) in [6.07, 6.45) is 0. The molecule has 1 aromatic heterocycles. The minimum absolute atomic E-state index is 0.247. The molecule has 0 spiro atoms. The van der Waals surface area contributed by atoms with Gasteiger partial charge in [-0.15, -0.1) is 11.3 Å². The number of thiophene rings is 1. The first-order chi connectivity index (χ1) is 28.6. The van der Waals surface area contributed by atoms with E-state index in [9.17, 15) is 0 Å². The van der Waals surface area contributed by atoms with Crippen LogP contribution in [0, 0.1) is 0 Å². The molecule has 10 aromatic rings. The Balaban J connectivity index is 1.01. The molecule has 11 rings (SSSR count). The van der Waals surface area contributed by atoms with Crippen molar-refractivity contribution in [3.63, 3.8) is 0 Å². The van der Waals surface area contributed by atoms with Gasteiger partial charge in [0.25, 0.3) is 0 Å². The highest BCUT2D eigenvalue weighted by Gasteiger charge is 2.40. The predicted molar refractivity (Wildman–Crippen MR) is 248 cm³/mol. The molecule has 58 heavy (non-hydrogen) atoms. The Bertz CT molecular complexity index is 3040. The van der Waals surface area contributed by atoms with Crippen LogP contribution in [0.25, 0.3) is 64.7 Å². The van der Waals surface area contributed by atoms with Crippen LogP contribution in [0.5, 0.6) is 0 Å². The number of fused-ring (bicyclic) bond motifs is 6. The summed E-state index contributed by atoms with van der Waals surface area (Å²) in [7, 11) is 0. The molecule has 0 atom stereocenters. The summed E-state index contributed by atoms with van der Waals surface area (Å²) in [5, 5.41) is 2.58. The molecule has 9 aromatic carbocycles. The van der Waals surface area contributed by atoms with Gasteiger partial charge in [-0.2, -0.15) is 0 Å². The Morgan fingerprint density at radius 2 is 0.724 bits per heavy atom. The zero-order valence-corrected chi connectivity index (χ0v) is 33.0. The van der Waals surface area contributed by atoms with Gasteiger partial charge in [-0.25, -0.2) is 0 Å². The Labute approximate surface area is 343 Å². The zero-order chi connectivity index (χ0) is 38.6. The number of nitrogens with zero attached hydrogens (tertiary/aromatic N) is 1. The molecule has 274 valence electrons. The fourth-order valence-electron chi connectivity index (χ4n) is 9.15. The number of hydrogen-bond acceptors (Lipinski definition) is 2. The van der Waals surface area contributed by atoms with E-state index in [4.69, 9.17) is 0 Å². The maximum absolute atomic E-state index is 2.47. The number of hydrogen-bond donors (Lipinski definition) is 0. The lowest BCUT2D eigenvalue weighted by Gasteiger charge is -2.28. The second-order valence-electron chi connectivity index (χ2n) is 15.4.